The number of pyridine rings is 1. The summed E-state index contributed by atoms with van der Waals surface area (Å²) in [6, 6.07) is 12.9. The summed E-state index contributed by atoms with van der Waals surface area (Å²) in [6.07, 6.45) is 5.12. The van der Waals surface area contributed by atoms with Crippen LogP contribution in [0.25, 0.3) is 10.8 Å². The van der Waals surface area contributed by atoms with Gasteiger partial charge in [-0.15, -0.1) is 0 Å². The first-order valence-electron chi connectivity index (χ1n) is 9.28. The van der Waals surface area contributed by atoms with E-state index in [1.165, 1.54) is 0 Å². The Bertz CT molecular complexity index is 983. The molecular weight excluding hydrogens is 376 g/mol. The Labute approximate surface area is 168 Å². The third-order valence-corrected chi connectivity index (χ3v) is 5.33. The lowest BCUT2D eigenvalue weighted by Crippen LogP contribution is -2.41. The largest absolute Gasteiger partial charge is 0.496 e. The monoisotopic (exact) mass is 396 g/mol. The van der Waals surface area contributed by atoms with Gasteiger partial charge in [0.05, 0.1) is 7.11 Å². The van der Waals surface area contributed by atoms with Gasteiger partial charge in [0.2, 0.25) is 0 Å². The van der Waals surface area contributed by atoms with Crippen LogP contribution in [-0.2, 0) is 0 Å². The number of ether oxygens (including phenoxy) is 2. The third kappa shape index (κ3) is 3.76. The van der Waals surface area contributed by atoms with Crippen LogP contribution in [0.15, 0.2) is 54.9 Å². The van der Waals surface area contributed by atoms with Gasteiger partial charge in [0.1, 0.15) is 17.6 Å². The molecule has 1 fully saturated rings. The molecule has 1 aliphatic heterocycles. The van der Waals surface area contributed by atoms with Crippen molar-refractivity contribution in [3.63, 3.8) is 0 Å². The van der Waals surface area contributed by atoms with Crippen molar-refractivity contribution in [1.29, 1.82) is 0 Å². The van der Waals surface area contributed by atoms with E-state index in [0.717, 1.165) is 35.1 Å². The molecule has 0 saturated carbocycles. The molecule has 2 heterocycles. The van der Waals surface area contributed by atoms with Crippen molar-refractivity contribution in [3.05, 3.63) is 65.4 Å². The minimum atomic E-state index is 0.0313. The lowest BCUT2D eigenvalue weighted by molar-refractivity contribution is 0.0597. The Morgan fingerprint density at radius 1 is 1.07 bits per heavy atom. The minimum absolute atomic E-state index is 0.0313. The highest BCUT2D eigenvalue weighted by Gasteiger charge is 2.26. The summed E-state index contributed by atoms with van der Waals surface area (Å²) < 4.78 is 11.4. The van der Waals surface area contributed by atoms with E-state index in [0.29, 0.717) is 23.7 Å². The number of hydrogen-bond acceptors (Lipinski definition) is 4. The van der Waals surface area contributed by atoms with Gasteiger partial charge in [0.15, 0.2) is 0 Å². The van der Waals surface area contributed by atoms with Gasteiger partial charge in [-0.05, 0) is 42.5 Å². The fraction of sp³-hybridized carbons (Fsp3) is 0.273. The van der Waals surface area contributed by atoms with Crippen LogP contribution >= 0.6 is 11.6 Å². The minimum Gasteiger partial charge on any atom is -0.496 e. The number of amides is 1. The molecule has 28 heavy (non-hydrogen) atoms. The molecule has 144 valence electrons. The summed E-state index contributed by atoms with van der Waals surface area (Å²) >= 11 is 5.92. The quantitative estimate of drug-likeness (QED) is 0.647. The Hall–Kier alpha value is -2.79. The summed E-state index contributed by atoms with van der Waals surface area (Å²) in [5, 5.41) is 2.39. The molecule has 6 heteroatoms. The van der Waals surface area contributed by atoms with E-state index in [2.05, 4.69) is 4.98 Å². The highest BCUT2D eigenvalue weighted by molar-refractivity contribution is 6.30. The molecule has 0 aliphatic carbocycles. The molecule has 4 rings (SSSR count). The number of hydrogen-bond donors (Lipinski definition) is 0. The lowest BCUT2D eigenvalue weighted by atomic mass is 10.0. The van der Waals surface area contributed by atoms with Crippen LogP contribution < -0.4 is 9.47 Å². The fourth-order valence-electron chi connectivity index (χ4n) is 3.58. The number of aromatic nitrogens is 1. The van der Waals surface area contributed by atoms with Gasteiger partial charge in [0, 0.05) is 59.7 Å². The Morgan fingerprint density at radius 3 is 2.54 bits per heavy atom. The number of rotatable bonds is 4. The SMILES string of the molecule is COc1ccc(C(=O)N2CCC(Oc3ccc(Cl)cc3)CC2)c2ccncc12. The maximum absolute atomic E-state index is 13.1. The van der Waals surface area contributed by atoms with Crippen LogP contribution in [0.3, 0.4) is 0 Å². The molecule has 1 saturated heterocycles. The number of carbonyl (C=O) groups excluding carboxylic acids is 1. The van der Waals surface area contributed by atoms with Crippen LogP contribution in [0.1, 0.15) is 23.2 Å². The van der Waals surface area contributed by atoms with Gasteiger partial charge in [0.25, 0.3) is 5.91 Å². The maximum Gasteiger partial charge on any atom is 0.254 e. The predicted octanol–water partition coefficient (Wildman–Crippen LogP) is 4.58. The average molecular weight is 397 g/mol. The molecule has 0 unspecified atom stereocenters. The van der Waals surface area contributed by atoms with Crippen molar-refractivity contribution in [3.8, 4) is 11.5 Å². The van der Waals surface area contributed by atoms with E-state index in [1.807, 2.05) is 47.4 Å². The van der Waals surface area contributed by atoms with Crippen molar-refractivity contribution in [2.24, 2.45) is 0 Å². The molecule has 0 radical (unpaired) electrons. The summed E-state index contributed by atoms with van der Waals surface area (Å²) in [7, 11) is 1.62. The summed E-state index contributed by atoms with van der Waals surface area (Å²) in [5.74, 6) is 1.56. The van der Waals surface area contributed by atoms with Gasteiger partial charge in [-0.2, -0.15) is 0 Å². The first-order chi connectivity index (χ1) is 13.7. The summed E-state index contributed by atoms with van der Waals surface area (Å²) in [4.78, 5) is 19.2. The van der Waals surface area contributed by atoms with Crippen molar-refractivity contribution < 1.29 is 14.3 Å². The van der Waals surface area contributed by atoms with Crippen LogP contribution in [0.5, 0.6) is 11.5 Å². The highest BCUT2D eigenvalue weighted by Crippen LogP contribution is 2.29. The smallest absolute Gasteiger partial charge is 0.254 e. The number of methoxy groups -OCH3 is 1. The second-order valence-electron chi connectivity index (χ2n) is 6.80. The Morgan fingerprint density at radius 2 is 1.82 bits per heavy atom. The van der Waals surface area contributed by atoms with Crippen molar-refractivity contribution in [1.82, 2.24) is 9.88 Å². The van der Waals surface area contributed by atoms with Crippen LogP contribution in [0.2, 0.25) is 5.02 Å². The third-order valence-electron chi connectivity index (χ3n) is 5.07. The van der Waals surface area contributed by atoms with Crippen LogP contribution in [0.4, 0.5) is 0 Å². The molecule has 0 spiro atoms. The van der Waals surface area contributed by atoms with E-state index in [1.54, 1.807) is 19.5 Å². The van der Waals surface area contributed by atoms with Crippen molar-refractivity contribution in [2.45, 2.75) is 18.9 Å². The zero-order valence-corrected chi connectivity index (χ0v) is 16.4. The Kier molecular flexibility index (Phi) is 5.35. The van der Waals surface area contributed by atoms with Gasteiger partial charge in [-0.1, -0.05) is 11.6 Å². The lowest BCUT2D eigenvalue weighted by Gasteiger charge is -2.32. The van der Waals surface area contributed by atoms with Gasteiger partial charge in [-0.3, -0.25) is 9.78 Å². The van der Waals surface area contributed by atoms with E-state index in [4.69, 9.17) is 21.1 Å². The van der Waals surface area contributed by atoms with Gasteiger partial charge >= 0.3 is 0 Å². The van der Waals surface area contributed by atoms with E-state index >= 15 is 0 Å². The number of piperidine rings is 1. The normalized spacial score (nSPS) is 14.9. The number of nitrogens with zero attached hydrogens (tertiary/aromatic N) is 2. The maximum atomic E-state index is 13.1. The van der Waals surface area contributed by atoms with E-state index in [-0.39, 0.29) is 12.0 Å². The number of likely N-dealkylation sites (tertiary alicyclic amines) is 1. The van der Waals surface area contributed by atoms with Crippen LogP contribution in [0, 0.1) is 0 Å². The Balaban J connectivity index is 1.46. The molecule has 0 bridgehead atoms. The predicted molar refractivity (Wildman–Crippen MR) is 109 cm³/mol. The number of halogens is 1. The molecule has 3 aromatic rings. The van der Waals surface area contributed by atoms with E-state index < -0.39 is 0 Å². The molecule has 1 aliphatic rings. The molecule has 0 atom stereocenters. The van der Waals surface area contributed by atoms with Crippen molar-refractivity contribution >= 4 is 28.3 Å². The second-order valence-corrected chi connectivity index (χ2v) is 7.24. The molecule has 5 nitrogen and oxygen atoms in total. The van der Waals surface area contributed by atoms with Crippen LogP contribution in [-0.4, -0.2) is 42.1 Å². The first kappa shape index (κ1) is 18.6. The standard InChI is InChI=1S/C22H21ClN2O3/c1-27-21-7-6-19(18-8-11-24-14-20(18)21)22(26)25-12-9-17(10-13-25)28-16-4-2-15(23)3-5-16/h2-8,11,14,17H,9-10,12-13H2,1H3. The number of carbonyl (C=O) groups is 1. The first-order valence-corrected chi connectivity index (χ1v) is 9.65. The second kappa shape index (κ2) is 8.07. The summed E-state index contributed by atoms with van der Waals surface area (Å²) in [5.41, 5.74) is 0.676. The highest BCUT2D eigenvalue weighted by atomic mass is 35.5. The molecule has 1 aromatic heterocycles. The number of fused-ring (bicyclic) bond motifs is 1. The molecule has 1 amide bonds. The zero-order chi connectivity index (χ0) is 19.5. The average Bonchev–Trinajstić information content (AvgIpc) is 2.74. The molecule has 0 N–H and O–H groups in total. The van der Waals surface area contributed by atoms with Gasteiger partial charge < -0.3 is 14.4 Å². The molecule has 2 aromatic carbocycles. The fourth-order valence-corrected chi connectivity index (χ4v) is 3.71. The summed E-state index contributed by atoms with van der Waals surface area (Å²) in [6.45, 7) is 1.32. The topological polar surface area (TPSA) is 51.7 Å². The van der Waals surface area contributed by atoms with Gasteiger partial charge in [-0.25, -0.2) is 0 Å². The number of benzene rings is 2. The zero-order valence-electron chi connectivity index (χ0n) is 15.6. The molecular formula is C22H21ClN2O3. The van der Waals surface area contributed by atoms with E-state index in [9.17, 15) is 4.79 Å². The van der Waals surface area contributed by atoms with Crippen molar-refractivity contribution in [2.75, 3.05) is 20.2 Å².